The second-order valence-corrected chi connectivity index (χ2v) is 3.68. The third kappa shape index (κ3) is 6.93. The summed E-state index contributed by atoms with van der Waals surface area (Å²) < 4.78 is 0. The number of rotatable bonds is 8. The van der Waals surface area contributed by atoms with Crippen molar-refractivity contribution >= 4 is 5.97 Å². The van der Waals surface area contributed by atoms with E-state index in [1.807, 2.05) is 0 Å². The van der Waals surface area contributed by atoms with Crippen LogP contribution < -0.4 is 11.5 Å². The zero-order chi connectivity index (χ0) is 11.8. The Morgan fingerprint density at radius 1 is 1.07 bits per heavy atom. The minimum absolute atomic E-state index is 0.00256. The van der Waals surface area contributed by atoms with Crippen molar-refractivity contribution in [3.8, 4) is 0 Å². The van der Waals surface area contributed by atoms with E-state index >= 15 is 0 Å². The molecule has 0 aliphatic heterocycles. The maximum absolute atomic E-state index is 10.4. The number of unbranched alkanes of at least 4 members (excludes halogenated alkanes) is 2. The second-order valence-electron chi connectivity index (χ2n) is 3.68. The van der Waals surface area contributed by atoms with Gasteiger partial charge in [0.1, 0.15) is 11.8 Å². The average Bonchev–Trinajstić information content (AvgIpc) is 2.16. The van der Waals surface area contributed by atoms with Crippen LogP contribution in [0.15, 0.2) is 12.3 Å². The predicted octanol–water partition coefficient (Wildman–Crippen LogP) is 0.748. The van der Waals surface area contributed by atoms with Gasteiger partial charge in [-0.3, -0.25) is 4.79 Å². The standard InChI is InChI=1S/C10H20N2O3/c1-7(13)8(11)5-3-2-4-6-9(12)10(14)15/h8-9,13H,1-6,11-12H2,(H,14,15). The van der Waals surface area contributed by atoms with Gasteiger partial charge in [-0.2, -0.15) is 0 Å². The van der Waals surface area contributed by atoms with Crippen LogP contribution in [0.25, 0.3) is 0 Å². The Labute approximate surface area is 89.8 Å². The lowest BCUT2D eigenvalue weighted by atomic mass is 10.0. The van der Waals surface area contributed by atoms with Crippen molar-refractivity contribution in [1.29, 1.82) is 0 Å². The van der Waals surface area contributed by atoms with Gasteiger partial charge in [0.2, 0.25) is 0 Å². The second kappa shape index (κ2) is 7.25. The predicted molar refractivity (Wildman–Crippen MR) is 58.4 cm³/mol. The third-order valence-electron chi connectivity index (χ3n) is 2.28. The number of aliphatic hydroxyl groups is 1. The lowest BCUT2D eigenvalue weighted by Gasteiger charge is -2.09. The van der Waals surface area contributed by atoms with Gasteiger partial charge in [-0.15, -0.1) is 0 Å². The van der Waals surface area contributed by atoms with Crippen molar-refractivity contribution in [2.45, 2.75) is 44.2 Å². The topological polar surface area (TPSA) is 110 Å². The maximum atomic E-state index is 10.4. The maximum Gasteiger partial charge on any atom is 0.320 e. The molecule has 6 N–H and O–H groups in total. The molecule has 0 saturated heterocycles. The fourth-order valence-electron chi connectivity index (χ4n) is 1.20. The van der Waals surface area contributed by atoms with Crippen LogP contribution in [0, 0.1) is 0 Å². The largest absolute Gasteiger partial charge is 0.511 e. The van der Waals surface area contributed by atoms with Gasteiger partial charge in [0.25, 0.3) is 0 Å². The molecule has 0 aliphatic carbocycles. The quantitative estimate of drug-likeness (QED) is 0.353. The molecule has 15 heavy (non-hydrogen) atoms. The van der Waals surface area contributed by atoms with Crippen molar-refractivity contribution in [3.05, 3.63) is 12.3 Å². The molecule has 2 unspecified atom stereocenters. The van der Waals surface area contributed by atoms with Crippen molar-refractivity contribution in [1.82, 2.24) is 0 Å². The van der Waals surface area contributed by atoms with E-state index in [9.17, 15) is 4.79 Å². The Hall–Kier alpha value is -1.07. The molecule has 0 rings (SSSR count). The molecule has 2 atom stereocenters. The number of nitrogens with two attached hydrogens (primary N) is 2. The summed E-state index contributed by atoms with van der Waals surface area (Å²) in [5.41, 5.74) is 10.9. The van der Waals surface area contributed by atoms with Crippen molar-refractivity contribution < 1.29 is 15.0 Å². The van der Waals surface area contributed by atoms with Gasteiger partial charge in [0, 0.05) is 0 Å². The lowest BCUT2D eigenvalue weighted by Crippen LogP contribution is -2.29. The van der Waals surface area contributed by atoms with E-state index in [4.69, 9.17) is 21.7 Å². The summed E-state index contributed by atoms with van der Waals surface area (Å²) in [6.07, 6.45) is 3.61. The van der Waals surface area contributed by atoms with Gasteiger partial charge in [0.15, 0.2) is 0 Å². The van der Waals surface area contributed by atoms with E-state index in [2.05, 4.69) is 6.58 Å². The molecule has 0 aromatic heterocycles. The molecule has 0 saturated carbocycles. The summed E-state index contributed by atoms with van der Waals surface area (Å²) in [5.74, 6) is -0.965. The number of aliphatic carboxylic acids is 1. The monoisotopic (exact) mass is 216 g/mol. The average molecular weight is 216 g/mol. The molecule has 0 aromatic rings. The van der Waals surface area contributed by atoms with E-state index in [1.165, 1.54) is 0 Å². The molecule has 5 heteroatoms. The number of carboxylic acids is 1. The van der Waals surface area contributed by atoms with Gasteiger partial charge in [-0.05, 0) is 12.8 Å². The van der Waals surface area contributed by atoms with Crippen LogP contribution >= 0.6 is 0 Å². The van der Waals surface area contributed by atoms with Crippen LogP contribution in [-0.4, -0.2) is 28.3 Å². The van der Waals surface area contributed by atoms with E-state index < -0.39 is 12.0 Å². The van der Waals surface area contributed by atoms with Crippen LogP contribution in [-0.2, 0) is 4.79 Å². The van der Waals surface area contributed by atoms with E-state index in [0.29, 0.717) is 12.8 Å². The van der Waals surface area contributed by atoms with Crippen LogP contribution in [0.2, 0.25) is 0 Å². The molecule has 0 spiro atoms. The lowest BCUT2D eigenvalue weighted by molar-refractivity contribution is -0.138. The van der Waals surface area contributed by atoms with E-state index in [1.54, 1.807) is 0 Å². The minimum atomic E-state index is -0.963. The normalized spacial score (nSPS) is 14.5. The highest BCUT2D eigenvalue weighted by Gasteiger charge is 2.10. The first-order valence-corrected chi connectivity index (χ1v) is 5.07. The summed E-state index contributed by atoms with van der Waals surface area (Å²) in [6.45, 7) is 3.34. The van der Waals surface area contributed by atoms with E-state index in [0.717, 1.165) is 19.3 Å². The SMILES string of the molecule is C=C(O)C(N)CCCCCC(N)C(=O)O. The third-order valence-corrected chi connectivity index (χ3v) is 2.28. The smallest absolute Gasteiger partial charge is 0.320 e. The highest BCUT2D eigenvalue weighted by atomic mass is 16.4. The summed E-state index contributed by atoms with van der Waals surface area (Å²) >= 11 is 0. The zero-order valence-corrected chi connectivity index (χ0v) is 8.85. The fraction of sp³-hybridized carbons (Fsp3) is 0.700. The zero-order valence-electron chi connectivity index (χ0n) is 8.85. The highest BCUT2D eigenvalue weighted by Crippen LogP contribution is 2.08. The molecule has 0 amide bonds. The number of aliphatic hydroxyl groups excluding tert-OH is 1. The number of hydrogen-bond acceptors (Lipinski definition) is 4. The van der Waals surface area contributed by atoms with Crippen LogP contribution in [0.4, 0.5) is 0 Å². The first-order valence-electron chi connectivity index (χ1n) is 5.07. The summed E-state index contributed by atoms with van der Waals surface area (Å²) in [7, 11) is 0. The van der Waals surface area contributed by atoms with Crippen LogP contribution in [0.1, 0.15) is 32.1 Å². The van der Waals surface area contributed by atoms with Crippen molar-refractivity contribution in [2.75, 3.05) is 0 Å². The Morgan fingerprint density at radius 3 is 1.93 bits per heavy atom. The van der Waals surface area contributed by atoms with Gasteiger partial charge < -0.3 is 21.7 Å². The van der Waals surface area contributed by atoms with E-state index in [-0.39, 0.29) is 11.8 Å². The molecule has 0 fully saturated rings. The molecular weight excluding hydrogens is 196 g/mol. The summed E-state index contributed by atoms with van der Waals surface area (Å²) in [6, 6.07) is -1.15. The van der Waals surface area contributed by atoms with Gasteiger partial charge in [-0.1, -0.05) is 25.8 Å². The van der Waals surface area contributed by atoms with Crippen molar-refractivity contribution in [2.24, 2.45) is 11.5 Å². The van der Waals surface area contributed by atoms with Crippen LogP contribution in [0.5, 0.6) is 0 Å². The number of hydrogen-bond donors (Lipinski definition) is 4. The van der Waals surface area contributed by atoms with Gasteiger partial charge in [0.05, 0.1) is 6.04 Å². The summed E-state index contributed by atoms with van der Waals surface area (Å²) in [4.78, 5) is 10.4. The molecule has 0 radical (unpaired) electrons. The van der Waals surface area contributed by atoms with Crippen molar-refractivity contribution in [3.63, 3.8) is 0 Å². The van der Waals surface area contributed by atoms with Crippen LogP contribution in [0.3, 0.4) is 0 Å². The Kier molecular flexibility index (Phi) is 6.73. The molecule has 0 aromatic carbocycles. The molecule has 88 valence electrons. The molecule has 0 heterocycles. The Morgan fingerprint density at radius 2 is 1.53 bits per heavy atom. The van der Waals surface area contributed by atoms with Gasteiger partial charge >= 0.3 is 5.97 Å². The molecule has 0 aliphatic rings. The first kappa shape index (κ1) is 13.9. The molecule has 0 bridgehead atoms. The Bertz CT molecular complexity index is 197. The molecule has 5 nitrogen and oxygen atoms in total. The Balaban J connectivity index is 3.40. The molecular formula is C10H20N2O3. The highest BCUT2D eigenvalue weighted by molar-refractivity contribution is 5.72. The van der Waals surface area contributed by atoms with Gasteiger partial charge in [-0.25, -0.2) is 0 Å². The first-order chi connectivity index (χ1) is 6.95. The summed E-state index contributed by atoms with van der Waals surface area (Å²) in [5, 5.41) is 17.4. The number of carbonyl (C=O) groups is 1. The minimum Gasteiger partial charge on any atom is -0.511 e. The fourth-order valence-corrected chi connectivity index (χ4v) is 1.20. The number of carboxylic acid groups (broad SMARTS) is 1.